The minimum absolute atomic E-state index is 0.185. The Hall–Kier alpha value is -2.06. The van der Waals surface area contributed by atoms with Gasteiger partial charge in [0.15, 0.2) is 0 Å². The number of nitrogens with one attached hydrogen (secondary N) is 1. The molecule has 3 rings (SSSR count). The van der Waals surface area contributed by atoms with E-state index in [1.165, 1.54) is 35.2 Å². The van der Waals surface area contributed by atoms with Gasteiger partial charge in [-0.15, -0.1) is 6.58 Å². The van der Waals surface area contributed by atoms with Crippen LogP contribution in [-0.4, -0.2) is 26.2 Å². The minimum atomic E-state index is 0.185. The number of anilines is 1. The van der Waals surface area contributed by atoms with E-state index in [2.05, 4.69) is 86.3 Å². The van der Waals surface area contributed by atoms with E-state index >= 15 is 0 Å². The molecule has 2 nitrogen and oxygen atoms in total. The molecule has 156 valence electrons. The summed E-state index contributed by atoms with van der Waals surface area (Å²) in [4.78, 5) is 2.45. The summed E-state index contributed by atoms with van der Waals surface area (Å²) in [6.45, 7) is 21.6. The van der Waals surface area contributed by atoms with Crippen LogP contribution < -0.4 is 10.2 Å². The van der Waals surface area contributed by atoms with Crippen molar-refractivity contribution in [1.82, 2.24) is 5.32 Å². The zero-order valence-electron chi connectivity index (χ0n) is 18.4. The van der Waals surface area contributed by atoms with Crippen LogP contribution in [-0.2, 0) is 0 Å². The van der Waals surface area contributed by atoms with Gasteiger partial charge in [0.25, 0.3) is 0 Å². The Balaban J connectivity index is 1.54. The van der Waals surface area contributed by atoms with Crippen molar-refractivity contribution in [1.29, 1.82) is 0 Å². The van der Waals surface area contributed by atoms with Crippen LogP contribution in [0.25, 0.3) is 6.08 Å². The van der Waals surface area contributed by atoms with Gasteiger partial charge < -0.3 is 10.2 Å². The van der Waals surface area contributed by atoms with E-state index < -0.39 is 0 Å². The second-order valence-corrected chi connectivity index (χ2v) is 9.17. The molecule has 2 fully saturated rings. The molecule has 1 saturated heterocycles. The SMILES string of the molecule is C=C[C@]1(C)CC[C@@H](C(=C)C/C=C/c2ccc(N3CCNCC3)cc2)C[C@H]1C(=C)C. The van der Waals surface area contributed by atoms with E-state index in [-0.39, 0.29) is 5.41 Å². The van der Waals surface area contributed by atoms with Crippen LogP contribution in [0.2, 0.25) is 0 Å². The molecule has 0 spiro atoms. The molecule has 0 unspecified atom stereocenters. The average molecular weight is 391 g/mol. The van der Waals surface area contributed by atoms with Gasteiger partial charge in [-0.25, -0.2) is 0 Å². The van der Waals surface area contributed by atoms with Gasteiger partial charge in [0.1, 0.15) is 0 Å². The monoisotopic (exact) mass is 390 g/mol. The van der Waals surface area contributed by atoms with Crippen LogP contribution in [0.5, 0.6) is 0 Å². The molecule has 1 aromatic carbocycles. The van der Waals surface area contributed by atoms with Crippen LogP contribution >= 0.6 is 0 Å². The predicted molar refractivity (Wildman–Crippen MR) is 128 cm³/mol. The maximum Gasteiger partial charge on any atom is 0.0367 e. The predicted octanol–water partition coefficient (Wildman–Crippen LogP) is 6.24. The molecule has 29 heavy (non-hydrogen) atoms. The summed E-state index contributed by atoms with van der Waals surface area (Å²) in [5, 5.41) is 3.41. The molecule has 0 amide bonds. The molecule has 1 aliphatic carbocycles. The quantitative estimate of drug-likeness (QED) is 0.554. The van der Waals surface area contributed by atoms with Crippen molar-refractivity contribution in [2.75, 3.05) is 31.1 Å². The molecular formula is C27H38N2. The van der Waals surface area contributed by atoms with Crippen LogP contribution in [0.4, 0.5) is 5.69 Å². The average Bonchev–Trinajstić information content (AvgIpc) is 2.75. The van der Waals surface area contributed by atoms with E-state index in [1.807, 2.05) is 0 Å². The highest BCUT2D eigenvalue weighted by atomic mass is 15.2. The van der Waals surface area contributed by atoms with E-state index in [4.69, 9.17) is 0 Å². The summed E-state index contributed by atoms with van der Waals surface area (Å²) in [6.07, 6.45) is 11.2. The van der Waals surface area contributed by atoms with Crippen molar-refractivity contribution >= 4 is 11.8 Å². The fourth-order valence-electron chi connectivity index (χ4n) is 4.94. The number of nitrogens with zero attached hydrogens (tertiary/aromatic N) is 1. The van der Waals surface area contributed by atoms with Gasteiger partial charge in [-0.05, 0) is 67.6 Å². The number of benzene rings is 1. The molecule has 1 heterocycles. The van der Waals surface area contributed by atoms with E-state index in [9.17, 15) is 0 Å². The highest BCUT2D eigenvalue weighted by Gasteiger charge is 2.38. The van der Waals surface area contributed by atoms with Gasteiger partial charge in [-0.2, -0.15) is 0 Å². The molecule has 1 saturated carbocycles. The molecule has 0 aromatic heterocycles. The lowest BCUT2D eigenvalue weighted by Gasteiger charge is -2.43. The number of rotatable bonds is 7. The first kappa shape index (κ1) is 21.6. The fraction of sp³-hybridized carbons (Fsp3) is 0.481. The summed E-state index contributed by atoms with van der Waals surface area (Å²) in [6, 6.07) is 8.94. The van der Waals surface area contributed by atoms with Crippen molar-refractivity contribution in [3.05, 3.63) is 72.9 Å². The van der Waals surface area contributed by atoms with Crippen molar-refractivity contribution in [2.24, 2.45) is 17.3 Å². The highest BCUT2D eigenvalue weighted by molar-refractivity contribution is 5.56. The Bertz CT molecular complexity index is 751. The lowest BCUT2D eigenvalue weighted by Crippen LogP contribution is -2.43. The molecule has 1 aromatic rings. The third-order valence-corrected chi connectivity index (χ3v) is 7.05. The summed E-state index contributed by atoms with van der Waals surface area (Å²) in [7, 11) is 0. The van der Waals surface area contributed by atoms with Crippen LogP contribution in [0.3, 0.4) is 0 Å². The molecule has 1 aliphatic heterocycles. The highest BCUT2D eigenvalue weighted by Crippen LogP contribution is 2.49. The number of allylic oxidation sites excluding steroid dienone is 4. The Morgan fingerprint density at radius 1 is 1.21 bits per heavy atom. The Morgan fingerprint density at radius 2 is 1.90 bits per heavy atom. The summed E-state index contributed by atoms with van der Waals surface area (Å²) in [5.41, 5.74) is 5.41. The molecule has 2 aliphatic rings. The third-order valence-electron chi connectivity index (χ3n) is 7.05. The normalized spacial score (nSPS) is 27.7. The maximum atomic E-state index is 4.43. The first-order valence-electron chi connectivity index (χ1n) is 11.1. The third kappa shape index (κ3) is 5.30. The van der Waals surface area contributed by atoms with Crippen molar-refractivity contribution in [3.63, 3.8) is 0 Å². The Morgan fingerprint density at radius 3 is 2.52 bits per heavy atom. The molecular weight excluding hydrogens is 352 g/mol. The topological polar surface area (TPSA) is 15.3 Å². The Labute approximate surface area is 178 Å². The zero-order chi connectivity index (χ0) is 20.9. The van der Waals surface area contributed by atoms with Crippen molar-refractivity contribution in [2.45, 2.75) is 39.5 Å². The summed E-state index contributed by atoms with van der Waals surface area (Å²) < 4.78 is 0. The number of hydrogen-bond donors (Lipinski definition) is 1. The van der Waals surface area contributed by atoms with E-state index in [0.29, 0.717) is 11.8 Å². The van der Waals surface area contributed by atoms with Crippen LogP contribution in [0, 0.1) is 17.3 Å². The van der Waals surface area contributed by atoms with E-state index in [1.54, 1.807) is 0 Å². The van der Waals surface area contributed by atoms with Gasteiger partial charge in [-0.1, -0.05) is 61.6 Å². The number of piperazine rings is 1. The number of hydrogen-bond acceptors (Lipinski definition) is 2. The lowest BCUT2D eigenvalue weighted by atomic mass is 9.61. The molecule has 1 N–H and O–H groups in total. The molecule has 2 heteroatoms. The van der Waals surface area contributed by atoms with Gasteiger partial charge in [0.05, 0.1) is 0 Å². The largest absolute Gasteiger partial charge is 0.369 e. The summed E-state index contributed by atoms with van der Waals surface area (Å²) >= 11 is 0. The fourth-order valence-corrected chi connectivity index (χ4v) is 4.94. The zero-order valence-corrected chi connectivity index (χ0v) is 18.4. The molecule has 0 bridgehead atoms. The van der Waals surface area contributed by atoms with Gasteiger partial charge in [-0.3, -0.25) is 0 Å². The van der Waals surface area contributed by atoms with Gasteiger partial charge in [0, 0.05) is 31.9 Å². The Kier molecular flexibility index (Phi) is 7.18. The molecule has 3 atom stereocenters. The van der Waals surface area contributed by atoms with Gasteiger partial charge >= 0.3 is 0 Å². The van der Waals surface area contributed by atoms with Crippen molar-refractivity contribution < 1.29 is 0 Å². The second kappa shape index (κ2) is 9.63. The standard InChI is InChI=1S/C27H38N2/c1-6-27(5)15-14-24(20-26(27)21(2)3)22(4)8-7-9-23-10-12-25(13-11-23)29-18-16-28-17-19-29/h6-7,9-13,24,26,28H,1-2,4,8,14-20H2,3,5H3/b9-7+/t24-,26+,27-/m1/s1. The lowest BCUT2D eigenvalue weighted by molar-refractivity contribution is 0.169. The van der Waals surface area contributed by atoms with E-state index in [0.717, 1.165) is 39.0 Å². The second-order valence-electron chi connectivity index (χ2n) is 9.17. The minimum Gasteiger partial charge on any atom is -0.369 e. The van der Waals surface area contributed by atoms with Crippen LogP contribution in [0.15, 0.2) is 67.3 Å². The van der Waals surface area contributed by atoms with Crippen LogP contribution in [0.1, 0.15) is 45.1 Å². The van der Waals surface area contributed by atoms with Crippen molar-refractivity contribution in [3.8, 4) is 0 Å². The summed E-state index contributed by atoms with van der Waals surface area (Å²) in [5.74, 6) is 1.10. The van der Waals surface area contributed by atoms with Gasteiger partial charge in [0.2, 0.25) is 0 Å². The smallest absolute Gasteiger partial charge is 0.0367 e. The maximum absolute atomic E-state index is 4.43. The first-order valence-corrected chi connectivity index (χ1v) is 11.1. The molecule has 0 radical (unpaired) electrons. The first-order chi connectivity index (χ1) is 13.9.